The van der Waals surface area contributed by atoms with Crippen molar-refractivity contribution in [2.75, 3.05) is 28.2 Å². The normalized spacial score (nSPS) is 42.1. The molecule has 2 aliphatic carbocycles. The molecule has 23 unspecified atom stereocenters. The second-order valence-electron chi connectivity index (χ2n) is 24.5. The van der Waals surface area contributed by atoms with E-state index in [2.05, 4.69) is 0 Å². The molecule has 23 atom stereocenters. The van der Waals surface area contributed by atoms with Gasteiger partial charge in [0.25, 0.3) is 0 Å². The Balaban J connectivity index is 0.873. The van der Waals surface area contributed by atoms with Crippen molar-refractivity contribution in [3.05, 3.63) is 51.6 Å². The van der Waals surface area contributed by atoms with Crippen LogP contribution in [0.25, 0.3) is 0 Å². The zero-order chi connectivity index (χ0) is 58.1. The fourth-order valence-electron chi connectivity index (χ4n) is 13.4. The first-order chi connectivity index (χ1) is 38.4. The summed E-state index contributed by atoms with van der Waals surface area (Å²) in [5.41, 5.74) is -3.66. The number of fused-ring (bicyclic) bond motifs is 3. The number of ether oxygens (including phenoxy) is 12. The maximum atomic E-state index is 14.5. The Bertz CT molecular complexity index is 2570. The molecule has 6 N–H and O–H groups in total. The Kier molecular flexibility index (Phi) is 18.3. The molecule has 0 spiro atoms. The van der Waals surface area contributed by atoms with Crippen LogP contribution in [0.4, 0.5) is 0 Å². The van der Waals surface area contributed by atoms with E-state index in [1.807, 2.05) is 79.5 Å². The second kappa shape index (κ2) is 24.5. The summed E-state index contributed by atoms with van der Waals surface area (Å²) in [6.07, 6.45) is -6.83. The number of phenolic OH excluding ortho intramolecular Hbond substituents is 3. The van der Waals surface area contributed by atoms with E-state index in [0.717, 1.165) is 0 Å². The maximum absolute atomic E-state index is 14.5. The van der Waals surface area contributed by atoms with E-state index in [1.54, 1.807) is 0 Å². The largest absolute Gasteiger partial charge is 0.507 e. The average molecular weight is 1140 g/mol. The summed E-state index contributed by atoms with van der Waals surface area (Å²) in [6.45, 7) is 12.8. The summed E-state index contributed by atoms with van der Waals surface area (Å²) < 4.78 is 77.5. The molecule has 81 heavy (non-hydrogen) atoms. The Labute approximate surface area is 474 Å². The topological polar surface area (TPSA) is 273 Å². The lowest BCUT2D eigenvalue weighted by Crippen LogP contribution is -2.57. The van der Waals surface area contributed by atoms with Crippen LogP contribution in [0.2, 0.25) is 0 Å². The number of aliphatic hydroxyl groups excluding tert-OH is 2. The summed E-state index contributed by atoms with van der Waals surface area (Å²) in [4.78, 5) is 32.9. The quantitative estimate of drug-likeness (QED) is 0.111. The van der Waals surface area contributed by atoms with Crippen LogP contribution in [-0.4, -0.2) is 209 Å². The van der Waals surface area contributed by atoms with Gasteiger partial charge in [-0.25, -0.2) is 0 Å². The first-order valence-electron chi connectivity index (χ1n) is 29.2. The number of ketones is 2. The minimum atomic E-state index is -1.89. The van der Waals surface area contributed by atoms with Gasteiger partial charge in [0.1, 0.15) is 35.6 Å². The highest BCUT2D eigenvalue weighted by Gasteiger charge is 2.54. The summed E-state index contributed by atoms with van der Waals surface area (Å²) in [5, 5.41) is 69.2. The smallest absolute Gasteiger partial charge is 0.202 e. The molecule has 2 aromatic rings. The lowest BCUT2D eigenvalue weighted by atomic mass is 9.72. The Morgan fingerprint density at radius 2 is 0.938 bits per heavy atom. The molecule has 0 amide bonds. The van der Waals surface area contributed by atoms with Gasteiger partial charge < -0.3 is 97.3 Å². The van der Waals surface area contributed by atoms with Gasteiger partial charge in [0, 0.05) is 73.7 Å². The molecule has 6 heterocycles. The number of hydrogen-bond acceptors (Lipinski definition) is 22. The molecule has 0 bridgehead atoms. The number of rotatable bonds is 14. The van der Waals surface area contributed by atoms with Crippen LogP contribution >= 0.6 is 0 Å². The number of carbonyl (C=O) groups excluding carboxylic acids is 2. The summed E-state index contributed by atoms with van der Waals surface area (Å²) in [5.74, 6) is -3.55. The van der Waals surface area contributed by atoms with E-state index in [-0.39, 0.29) is 90.2 Å². The van der Waals surface area contributed by atoms with Crippen molar-refractivity contribution < 1.29 is 97.1 Å². The van der Waals surface area contributed by atoms with Crippen LogP contribution in [0.15, 0.2) is 18.2 Å². The van der Waals surface area contributed by atoms with Crippen LogP contribution in [0.5, 0.6) is 17.2 Å². The van der Waals surface area contributed by atoms with E-state index in [1.165, 1.54) is 25.1 Å². The van der Waals surface area contributed by atoms with E-state index in [0.29, 0.717) is 51.4 Å². The van der Waals surface area contributed by atoms with Gasteiger partial charge in [-0.1, -0.05) is 12.1 Å². The number of phenols is 3. The van der Waals surface area contributed by atoms with Gasteiger partial charge in [0.15, 0.2) is 43.5 Å². The van der Waals surface area contributed by atoms with Gasteiger partial charge in [-0.05, 0) is 108 Å². The zero-order valence-electron chi connectivity index (χ0n) is 48.5. The van der Waals surface area contributed by atoms with E-state index in [4.69, 9.17) is 56.8 Å². The van der Waals surface area contributed by atoms with Crippen molar-refractivity contribution >= 4 is 11.6 Å². The van der Waals surface area contributed by atoms with Crippen LogP contribution < -0.4 is 0 Å². The SMILES string of the molecule is CC1OC(OC2CCC(OC3C(C)OC(OC4CC(C)(O)C(OC5CC(N(C)C)C(OC6CCC(OC7CCC(O)C(C)O7)C(C)O6)C(C)O5)c5c(O)c6c(c(O)c54)C(=O)c4c(O)cccc4C6=O)CC3N(C)C)OC2C)CCC1O. The number of likely N-dealkylation sites (N-methyl/N-ethyl adjacent to an activating group) is 2. The molecule has 2 aromatic carbocycles. The van der Waals surface area contributed by atoms with E-state index in [9.17, 15) is 40.2 Å². The molecule has 0 aromatic heterocycles. The Hall–Kier alpha value is -3.50. The molecule has 6 fully saturated rings. The van der Waals surface area contributed by atoms with Gasteiger partial charge >= 0.3 is 0 Å². The van der Waals surface area contributed by atoms with Crippen molar-refractivity contribution in [3.63, 3.8) is 0 Å². The molecule has 452 valence electrons. The minimum Gasteiger partial charge on any atom is -0.507 e. The minimum absolute atomic E-state index is 0.0910. The molecule has 0 saturated carbocycles. The van der Waals surface area contributed by atoms with Crippen LogP contribution in [0.3, 0.4) is 0 Å². The maximum Gasteiger partial charge on any atom is 0.202 e. The third-order valence-electron chi connectivity index (χ3n) is 18.1. The van der Waals surface area contributed by atoms with Crippen LogP contribution in [-0.2, 0) is 56.8 Å². The number of carbonyl (C=O) groups is 2. The molecule has 22 heteroatoms. The summed E-state index contributed by atoms with van der Waals surface area (Å²) >= 11 is 0. The fraction of sp³-hybridized carbons (Fsp3) is 0.763. The predicted molar refractivity (Wildman–Crippen MR) is 286 cm³/mol. The monoisotopic (exact) mass is 1140 g/mol. The fourth-order valence-corrected chi connectivity index (χ4v) is 13.4. The average Bonchev–Trinajstić information content (AvgIpc) is 3.50. The molecular formula is C59H86N2O20. The molecule has 10 rings (SSSR count). The third kappa shape index (κ3) is 12.3. The molecule has 6 aliphatic heterocycles. The van der Waals surface area contributed by atoms with Crippen molar-refractivity contribution in [1.82, 2.24) is 9.80 Å². The number of benzene rings is 2. The van der Waals surface area contributed by atoms with Gasteiger partial charge in [-0.15, -0.1) is 0 Å². The second-order valence-corrected chi connectivity index (χ2v) is 24.5. The Morgan fingerprint density at radius 3 is 1.42 bits per heavy atom. The summed E-state index contributed by atoms with van der Waals surface area (Å²) in [6, 6.07) is 3.41. The number of aromatic hydroxyl groups is 3. The lowest BCUT2D eigenvalue weighted by Gasteiger charge is -2.49. The van der Waals surface area contributed by atoms with Gasteiger partial charge in [0.05, 0.1) is 89.4 Å². The number of nitrogens with zero attached hydrogens (tertiary/aromatic N) is 2. The van der Waals surface area contributed by atoms with E-state index < -0.39 is 132 Å². The highest BCUT2D eigenvalue weighted by Crippen LogP contribution is 2.57. The highest BCUT2D eigenvalue weighted by molar-refractivity contribution is 6.31. The van der Waals surface area contributed by atoms with Crippen molar-refractivity contribution in [3.8, 4) is 17.2 Å². The number of hydrogen-bond donors (Lipinski definition) is 6. The first-order valence-corrected chi connectivity index (χ1v) is 29.2. The molecule has 22 nitrogen and oxygen atoms in total. The third-order valence-corrected chi connectivity index (χ3v) is 18.1. The summed E-state index contributed by atoms with van der Waals surface area (Å²) in [7, 11) is 7.66. The molecule has 6 saturated heterocycles. The zero-order valence-corrected chi connectivity index (χ0v) is 48.5. The van der Waals surface area contributed by atoms with E-state index >= 15 is 0 Å². The van der Waals surface area contributed by atoms with Gasteiger partial charge in [0.2, 0.25) is 5.78 Å². The lowest BCUT2D eigenvalue weighted by molar-refractivity contribution is -0.323. The Morgan fingerprint density at radius 1 is 0.506 bits per heavy atom. The number of aliphatic hydroxyl groups is 3. The van der Waals surface area contributed by atoms with Crippen molar-refractivity contribution in [1.29, 1.82) is 0 Å². The predicted octanol–water partition coefficient (Wildman–Crippen LogP) is 5.34. The van der Waals surface area contributed by atoms with Crippen LogP contribution in [0, 0.1) is 0 Å². The molecular weight excluding hydrogens is 1060 g/mol. The highest BCUT2D eigenvalue weighted by atomic mass is 16.8. The standard InChI is InChI=1S/C59H86N2O20/c1-26-35(62)15-19-41(70-26)76-38-17-21-43(72-28(38)3)79-56-30(5)74-45(23-33(56)60(8)9)78-40-25-59(7,69)58(51-48(40)54(67)50-49(55(51)68)52(65)32-13-12-14-37(64)47(32)53(50)66)81-46-24-34(61(10)11)57(31(6)75-46)80-44-22-18-39(29(4)73-44)77-42-20-16-36(63)27(2)71-42/h12-14,26-31,33-36,38-46,56-58,62-64,67-69H,15-25H2,1-11H3. The molecule has 8 aliphatic rings. The van der Waals surface area contributed by atoms with Crippen molar-refractivity contribution in [2.45, 2.75) is 260 Å². The first kappa shape index (κ1) is 60.6. The molecule has 0 radical (unpaired) electrons. The van der Waals surface area contributed by atoms with Gasteiger partial charge in [-0.3, -0.25) is 9.59 Å². The van der Waals surface area contributed by atoms with Crippen molar-refractivity contribution in [2.24, 2.45) is 0 Å². The van der Waals surface area contributed by atoms with Crippen LogP contribution in [0.1, 0.15) is 174 Å². The van der Waals surface area contributed by atoms with Gasteiger partial charge in [-0.2, -0.15) is 0 Å².